The van der Waals surface area contributed by atoms with Crippen molar-refractivity contribution in [2.45, 2.75) is 19.4 Å². The van der Waals surface area contributed by atoms with Crippen LogP contribution >= 0.6 is 22.9 Å². The standard InChI is InChI=1S/C12H16ClNO2S/c1-12(2,16)8-14(3)11(15)7-5-9-4-6-10(13)17-9/h4-7,16H,8H2,1-3H3. The zero-order chi connectivity index (χ0) is 13.1. The summed E-state index contributed by atoms with van der Waals surface area (Å²) in [7, 11) is 1.66. The van der Waals surface area contributed by atoms with E-state index < -0.39 is 5.60 Å². The Morgan fingerprint density at radius 1 is 1.59 bits per heavy atom. The Labute approximate surface area is 110 Å². The first-order valence-electron chi connectivity index (χ1n) is 5.19. The van der Waals surface area contributed by atoms with Gasteiger partial charge in [-0.05, 0) is 32.1 Å². The number of halogens is 1. The van der Waals surface area contributed by atoms with Crippen molar-refractivity contribution in [2.75, 3.05) is 13.6 Å². The lowest BCUT2D eigenvalue weighted by Gasteiger charge is -2.24. The molecule has 94 valence electrons. The minimum atomic E-state index is -0.884. The fraction of sp³-hybridized carbons (Fsp3) is 0.417. The molecule has 0 saturated heterocycles. The zero-order valence-electron chi connectivity index (χ0n) is 10.1. The molecule has 0 atom stereocenters. The van der Waals surface area contributed by atoms with Gasteiger partial charge in [0.15, 0.2) is 0 Å². The summed E-state index contributed by atoms with van der Waals surface area (Å²) in [5, 5.41) is 9.59. The summed E-state index contributed by atoms with van der Waals surface area (Å²) in [6, 6.07) is 3.64. The average molecular weight is 274 g/mol. The van der Waals surface area contributed by atoms with Crippen LogP contribution in [0.2, 0.25) is 4.34 Å². The Balaban J connectivity index is 2.57. The predicted octanol–water partition coefficient (Wildman–Crippen LogP) is 2.64. The van der Waals surface area contributed by atoms with Gasteiger partial charge in [-0.1, -0.05) is 11.6 Å². The van der Waals surface area contributed by atoms with E-state index in [1.165, 1.54) is 22.3 Å². The van der Waals surface area contributed by atoms with Crippen LogP contribution in [0, 0.1) is 0 Å². The summed E-state index contributed by atoms with van der Waals surface area (Å²) in [5.74, 6) is -0.142. The van der Waals surface area contributed by atoms with Gasteiger partial charge in [0.1, 0.15) is 0 Å². The normalized spacial score (nSPS) is 12.1. The molecule has 1 rings (SSSR count). The smallest absolute Gasteiger partial charge is 0.246 e. The van der Waals surface area contributed by atoms with E-state index >= 15 is 0 Å². The van der Waals surface area contributed by atoms with Crippen molar-refractivity contribution in [3.05, 3.63) is 27.4 Å². The molecule has 1 aromatic rings. The molecular formula is C12H16ClNO2S. The van der Waals surface area contributed by atoms with Crippen molar-refractivity contribution in [2.24, 2.45) is 0 Å². The molecule has 0 unspecified atom stereocenters. The molecule has 0 aliphatic rings. The van der Waals surface area contributed by atoms with E-state index in [4.69, 9.17) is 11.6 Å². The number of carbonyl (C=O) groups is 1. The Bertz CT molecular complexity index is 420. The lowest BCUT2D eigenvalue weighted by molar-refractivity contribution is -0.127. The van der Waals surface area contributed by atoms with Gasteiger partial charge in [-0.2, -0.15) is 0 Å². The topological polar surface area (TPSA) is 40.5 Å². The summed E-state index contributed by atoms with van der Waals surface area (Å²) in [5.41, 5.74) is -0.884. The number of thiophene rings is 1. The minimum Gasteiger partial charge on any atom is -0.389 e. The molecular weight excluding hydrogens is 258 g/mol. The minimum absolute atomic E-state index is 0.142. The zero-order valence-corrected chi connectivity index (χ0v) is 11.7. The summed E-state index contributed by atoms with van der Waals surface area (Å²) in [6.07, 6.45) is 3.20. The Hall–Kier alpha value is -0.840. The van der Waals surface area contributed by atoms with Crippen molar-refractivity contribution in [1.29, 1.82) is 0 Å². The monoisotopic (exact) mass is 273 g/mol. The van der Waals surface area contributed by atoms with E-state index in [2.05, 4.69) is 0 Å². The van der Waals surface area contributed by atoms with E-state index in [1.807, 2.05) is 6.07 Å². The molecule has 1 heterocycles. The molecule has 1 amide bonds. The number of likely N-dealkylation sites (N-methyl/N-ethyl adjacent to an activating group) is 1. The maximum atomic E-state index is 11.7. The maximum Gasteiger partial charge on any atom is 0.246 e. The van der Waals surface area contributed by atoms with E-state index in [0.29, 0.717) is 10.9 Å². The molecule has 0 aromatic carbocycles. The number of aliphatic hydroxyl groups is 1. The van der Waals surface area contributed by atoms with Crippen molar-refractivity contribution >= 4 is 34.9 Å². The average Bonchev–Trinajstić information content (AvgIpc) is 2.58. The Kier molecular flexibility index (Phi) is 4.74. The third-order valence-electron chi connectivity index (χ3n) is 1.98. The predicted molar refractivity (Wildman–Crippen MR) is 72.3 cm³/mol. The van der Waals surface area contributed by atoms with E-state index in [0.717, 1.165) is 4.88 Å². The van der Waals surface area contributed by atoms with Crippen molar-refractivity contribution in [3.8, 4) is 0 Å². The van der Waals surface area contributed by atoms with E-state index in [9.17, 15) is 9.90 Å². The first-order valence-corrected chi connectivity index (χ1v) is 6.38. The van der Waals surface area contributed by atoms with Gasteiger partial charge in [0.2, 0.25) is 5.91 Å². The molecule has 0 radical (unpaired) electrons. The number of amides is 1. The number of hydrogen-bond donors (Lipinski definition) is 1. The van der Waals surface area contributed by atoms with E-state index in [-0.39, 0.29) is 5.91 Å². The van der Waals surface area contributed by atoms with Crippen LogP contribution in [0.3, 0.4) is 0 Å². The highest BCUT2D eigenvalue weighted by Gasteiger charge is 2.17. The highest BCUT2D eigenvalue weighted by molar-refractivity contribution is 7.17. The second-order valence-corrected chi connectivity index (χ2v) is 6.23. The number of carbonyl (C=O) groups excluding carboxylic acids is 1. The van der Waals surface area contributed by atoms with Gasteiger partial charge in [0.25, 0.3) is 0 Å². The second kappa shape index (κ2) is 5.67. The molecule has 0 saturated carbocycles. The lowest BCUT2D eigenvalue weighted by atomic mass is 10.1. The third-order valence-corrected chi connectivity index (χ3v) is 3.18. The van der Waals surface area contributed by atoms with Crippen LogP contribution in [0.25, 0.3) is 6.08 Å². The highest BCUT2D eigenvalue weighted by Crippen LogP contribution is 2.22. The molecule has 5 heteroatoms. The van der Waals surface area contributed by atoms with Gasteiger partial charge in [0, 0.05) is 24.5 Å². The molecule has 0 aliphatic heterocycles. The van der Waals surface area contributed by atoms with Gasteiger partial charge >= 0.3 is 0 Å². The highest BCUT2D eigenvalue weighted by atomic mass is 35.5. The molecule has 1 aromatic heterocycles. The van der Waals surface area contributed by atoms with Crippen LogP contribution in [-0.2, 0) is 4.79 Å². The second-order valence-electron chi connectivity index (χ2n) is 4.48. The van der Waals surface area contributed by atoms with E-state index in [1.54, 1.807) is 33.0 Å². The number of rotatable bonds is 4. The molecule has 0 fully saturated rings. The van der Waals surface area contributed by atoms with Crippen LogP contribution in [0.5, 0.6) is 0 Å². The molecule has 0 aliphatic carbocycles. The van der Waals surface area contributed by atoms with Crippen LogP contribution < -0.4 is 0 Å². The molecule has 3 nitrogen and oxygen atoms in total. The quantitative estimate of drug-likeness (QED) is 0.857. The van der Waals surface area contributed by atoms with Crippen LogP contribution in [0.1, 0.15) is 18.7 Å². The maximum absolute atomic E-state index is 11.7. The van der Waals surface area contributed by atoms with Crippen molar-refractivity contribution in [1.82, 2.24) is 4.90 Å². The SMILES string of the molecule is CN(CC(C)(C)O)C(=O)C=Cc1ccc(Cl)s1. The fourth-order valence-corrected chi connectivity index (χ4v) is 2.32. The molecule has 17 heavy (non-hydrogen) atoms. The Morgan fingerprint density at radius 2 is 2.24 bits per heavy atom. The summed E-state index contributed by atoms with van der Waals surface area (Å²) in [6.45, 7) is 3.63. The van der Waals surface area contributed by atoms with Crippen LogP contribution in [0.4, 0.5) is 0 Å². The van der Waals surface area contributed by atoms with Gasteiger partial charge in [-0.25, -0.2) is 0 Å². The van der Waals surface area contributed by atoms with Gasteiger partial charge in [0.05, 0.1) is 9.94 Å². The van der Waals surface area contributed by atoms with Crippen LogP contribution in [0.15, 0.2) is 18.2 Å². The van der Waals surface area contributed by atoms with Crippen molar-refractivity contribution in [3.63, 3.8) is 0 Å². The summed E-state index contributed by atoms with van der Waals surface area (Å²) >= 11 is 7.19. The lowest BCUT2D eigenvalue weighted by Crippen LogP contribution is -2.38. The molecule has 1 N–H and O–H groups in total. The fourth-order valence-electron chi connectivity index (χ4n) is 1.36. The first kappa shape index (κ1) is 14.2. The summed E-state index contributed by atoms with van der Waals surface area (Å²) < 4.78 is 0.696. The van der Waals surface area contributed by atoms with Crippen molar-refractivity contribution < 1.29 is 9.90 Å². The Morgan fingerprint density at radius 3 is 2.71 bits per heavy atom. The van der Waals surface area contributed by atoms with Gasteiger partial charge in [-0.15, -0.1) is 11.3 Å². The number of hydrogen-bond acceptors (Lipinski definition) is 3. The third kappa shape index (κ3) is 5.35. The van der Waals surface area contributed by atoms with Crippen LogP contribution in [-0.4, -0.2) is 35.1 Å². The largest absolute Gasteiger partial charge is 0.389 e. The molecule has 0 bridgehead atoms. The number of nitrogens with zero attached hydrogens (tertiary/aromatic N) is 1. The van der Waals surface area contributed by atoms with Gasteiger partial charge < -0.3 is 10.0 Å². The molecule has 0 spiro atoms. The van der Waals surface area contributed by atoms with Gasteiger partial charge in [-0.3, -0.25) is 4.79 Å². The first-order chi connectivity index (χ1) is 7.78. The summed E-state index contributed by atoms with van der Waals surface area (Å²) in [4.78, 5) is 14.1.